The van der Waals surface area contributed by atoms with E-state index in [0.29, 0.717) is 6.04 Å². The van der Waals surface area contributed by atoms with Crippen LogP contribution in [0.5, 0.6) is 0 Å². The standard InChI is InChI=1S/C12H24N2OS/c1-14(9-6-10-15-2)12(16)13-11-7-4-3-5-8-11/h11H,3-10H2,1-2H3,(H,13,16). The van der Waals surface area contributed by atoms with Crippen LogP contribution in [0.15, 0.2) is 0 Å². The van der Waals surface area contributed by atoms with Gasteiger partial charge in [-0.05, 0) is 31.5 Å². The highest BCUT2D eigenvalue weighted by Crippen LogP contribution is 2.17. The zero-order chi connectivity index (χ0) is 11.8. The van der Waals surface area contributed by atoms with Crippen molar-refractivity contribution >= 4 is 17.3 Å². The highest BCUT2D eigenvalue weighted by Gasteiger charge is 2.15. The molecule has 0 aromatic heterocycles. The fourth-order valence-electron chi connectivity index (χ4n) is 2.08. The summed E-state index contributed by atoms with van der Waals surface area (Å²) in [6.07, 6.45) is 7.63. The van der Waals surface area contributed by atoms with Gasteiger partial charge in [-0.2, -0.15) is 0 Å². The van der Waals surface area contributed by atoms with Crippen LogP contribution in [0, 0.1) is 0 Å². The minimum atomic E-state index is 0.603. The minimum Gasteiger partial charge on any atom is -0.385 e. The fourth-order valence-corrected chi connectivity index (χ4v) is 2.34. The first kappa shape index (κ1) is 13.7. The number of rotatable bonds is 5. The van der Waals surface area contributed by atoms with Crippen LogP contribution in [0.25, 0.3) is 0 Å². The van der Waals surface area contributed by atoms with Crippen molar-refractivity contribution in [1.29, 1.82) is 0 Å². The quantitative estimate of drug-likeness (QED) is 0.592. The molecule has 1 N–H and O–H groups in total. The molecule has 0 aromatic rings. The maximum Gasteiger partial charge on any atom is 0.168 e. The lowest BCUT2D eigenvalue weighted by molar-refractivity contribution is 0.188. The van der Waals surface area contributed by atoms with Gasteiger partial charge in [0, 0.05) is 33.4 Å². The Morgan fingerprint density at radius 2 is 2.06 bits per heavy atom. The topological polar surface area (TPSA) is 24.5 Å². The van der Waals surface area contributed by atoms with Gasteiger partial charge < -0.3 is 15.0 Å². The molecule has 0 saturated heterocycles. The average molecular weight is 244 g/mol. The third kappa shape index (κ3) is 5.12. The summed E-state index contributed by atoms with van der Waals surface area (Å²) in [5.74, 6) is 0. The van der Waals surface area contributed by atoms with E-state index < -0.39 is 0 Å². The zero-order valence-electron chi connectivity index (χ0n) is 10.5. The molecular weight excluding hydrogens is 220 g/mol. The third-order valence-corrected chi connectivity index (χ3v) is 3.55. The Morgan fingerprint density at radius 1 is 1.38 bits per heavy atom. The van der Waals surface area contributed by atoms with Crippen molar-refractivity contribution in [3.05, 3.63) is 0 Å². The van der Waals surface area contributed by atoms with Gasteiger partial charge in [0.2, 0.25) is 0 Å². The molecule has 1 saturated carbocycles. The van der Waals surface area contributed by atoms with Gasteiger partial charge >= 0.3 is 0 Å². The van der Waals surface area contributed by atoms with Crippen molar-refractivity contribution in [3.63, 3.8) is 0 Å². The van der Waals surface area contributed by atoms with Crippen molar-refractivity contribution in [3.8, 4) is 0 Å². The highest BCUT2D eigenvalue weighted by atomic mass is 32.1. The molecule has 3 nitrogen and oxygen atoms in total. The lowest BCUT2D eigenvalue weighted by Gasteiger charge is -2.28. The monoisotopic (exact) mass is 244 g/mol. The molecule has 4 heteroatoms. The minimum absolute atomic E-state index is 0.603. The summed E-state index contributed by atoms with van der Waals surface area (Å²) in [6, 6.07) is 0.603. The van der Waals surface area contributed by atoms with Crippen LogP contribution in [0.4, 0.5) is 0 Å². The SMILES string of the molecule is COCCCN(C)C(=S)NC1CCCCC1. The van der Waals surface area contributed by atoms with Gasteiger partial charge in [0.15, 0.2) is 5.11 Å². The van der Waals surface area contributed by atoms with E-state index in [0.717, 1.165) is 24.7 Å². The Hall–Kier alpha value is -0.350. The summed E-state index contributed by atoms with van der Waals surface area (Å²) in [7, 11) is 3.78. The maximum atomic E-state index is 5.38. The number of thiocarbonyl (C=S) groups is 1. The largest absolute Gasteiger partial charge is 0.385 e. The summed E-state index contributed by atoms with van der Waals surface area (Å²) >= 11 is 5.38. The normalized spacial score (nSPS) is 17.1. The van der Waals surface area contributed by atoms with Gasteiger partial charge in [0.25, 0.3) is 0 Å². The van der Waals surface area contributed by atoms with Crippen molar-refractivity contribution in [2.75, 3.05) is 27.3 Å². The molecule has 1 fully saturated rings. The van der Waals surface area contributed by atoms with Gasteiger partial charge in [0.05, 0.1) is 0 Å². The van der Waals surface area contributed by atoms with E-state index in [4.69, 9.17) is 17.0 Å². The van der Waals surface area contributed by atoms with Crippen LogP contribution in [-0.4, -0.2) is 43.4 Å². The van der Waals surface area contributed by atoms with E-state index in [-0.39, 0.29) is 0 Å². The van der Waals surface area contributed by atoms with Crippen LogP contribution in [0.3, 0.4) is 0 Å². The van der Waals surface area contributed by atoms with Crippen LogP contribution in [-0.2, 0) is 4.74 Å². The number of hydrogen-bond acceptors (Lipinski definition) is 2. The van der Waals surface area contributed by atoms with Crippen LogP contribution in [0.1, 0.15) is 38.5 Å². The molecule has 0 radical (unpaired) electrons. The lowest BCUT2D eigenvalue weighted by atomic mass is 9.96. The summed E-state index contributed by atoms with van der Waals surface area (Å²) in [5.41, 5.74) is 0. The molecule has 0 atom stereocenters. The molecule has 0 aliphatic heterocycles. The number of hydrogen-bond donors (Lipinski definition) is 1. The second-order valence-electron chi connectivity index (χ2n) is 4.55. The molecule has 0 heterocycles. The molecular formula is C12H24N2OS. The Morgan fingerprint density at radius 3 is 2.69 bits per heavy atom. The number of ether oxygens (including phenoxy) is 1. The molecule has 0 bridgehead atoms. The Bertz CT molecular complexity index is 205. The van der Waals surface area contributed by atoms with Gasteiger partial charge in [-0.1, -0.05) is 19.3 Å². The second kappa shape index (κ2) is 7.85. The molecule has 0 amide bonds. The molecule has 16 heavy (non-hydrogen) atoms. The Labute approximate surface area is 105 Å². The van der Waals surface area contributed by atoms with Crippen molar-refractivity contribution in [1.82, 2.24) is 10.2 Å². The first-order valence-corrected chi connectivity index (χ1v) is 6.65. The van der Waals surface area contributed by atoms with Crippen molar-refractivity contribution in [2.45, 2.75) is 44.6 Å². The maximum absolute atomic E-state index is 5.38. The number of nitrogens with zero attached hydrogens (tertiary/aromatic N) is 1. The molecule has 1 aliphatic carbocycles. The third-order valence-electron chi connectivity index (χ3n) is 3.12. The molecule has 1 aliphatic rings. The first-order valence-electron chi connectivity index (χ1n) is 6.24. The van der Waals surface area contributed by atoms with E-state index in [1.54, 1.807) is 7.11 Å². The molecule has 0 aromatic carbocycles. The summed E-state index contributed by atoms with van der Waals surface area (Å²) in [5, 5.41) is 4.35. The molecule has 94 valence electrons. The molecule has 0 spiro atoms. The average Bonchev–Trinajstić information content (AvgIpc) is 2.30. The van der Waals surface area contributed by atoms with Crippen LogP contribution < -0.4 is 5.32 Å². The second-order valence-corrected chi connectivity index (χ2v) is 4.94. The Balaban J connectivity index is 2.16. The van der Waals surface area contributed by atoms with Crippen molar-refractivity contribution < 1.29 is 4.74 Å². The van der Waals surface area contributed by atoms with E-state index in [1.165, 1.54) is 32.1 Å². The summed E-state index contributed by atoms with van der Waals surface area (Å²) in [6.45, 7) is 1.77. The molecule has 1 rings (SSSR count). The predicted molar refractivity (Wildman–Crippen MR) is 71.7 cm³/mol. The van der Waals surface area contributed by atoms with Gasteiger partial charge in [-0.3, -0.25) is 0 Å². The predicted octanol–water partition coefficient (Wildman–Crippen LogP) is 2.16. The smallest absolute Gasteiger partial charge is 0.168 e. The molecule has 0 unspecified atom stereocenters. The van der Waals surface area contributed by atoms with E-state index in [1.807, 2.05) is 7.05 Å². The fraction of sp³-hybridized carbons (Fsp3) is 0.917. The Kier molecular flexibility index (Phi) is 6.73. The van der Waals surface area contributed by atoms with Crippen LogP contribution >= 0.6 is 12.2 Å². The number of nitrogens with one attached hydrogen (secondary N) is 1. The lowest BCUT2D eigenvalue weighted by Crippen LogP contribution is -2.44. The van der Waals surface area contributed by atoms with E-state index in [2.05, 4.69) is 10.2 Å². The van der Waals surface area contributed by atoms with E-state index in [9.17, 15) is 0 Å². The van der Waals surface area contributed by atoms with E-state index >= 15 is 0 Å². The number of methoxy groups -OCH3 is 1. The summed E-state index contributed by atoms with van der Waals surface area (Å²) < 4.78 is 5.03. The summed E-state index contributed by atoms with van der Waals surface area (Å²) in [4.78, 5) is 2.11. The van der Waals surface area contributed by atoms with Gasteiger partial charge in [0.1, 0.15) is 0 Å². The van der Waals surface area contributed by atoms with Gasteiger partial charge in [-0.15, -0.1) is 0 Å². The van der Waals surface area contributed by atoms with Crippen LogP contribution in [0.2, 0.25) is 0 Å². The zero-order valence-corrected chi connectivity index (χ0v) is 11.3. The van der Waals surface area contributed by atoms with Gasteiger partial charge in [-0.25, -0.2) is 0 Å². The van der Waals surface area contributed by atoms with Crippen molar-refractivity contribution in [2.24, 2.45) is 0 Å². The highest BCUT2D eigenvalue weighted by molar-refractivity contribution is 7.80. The first-order chi connectivity index (χ1) is 7.74.